The summed E-state index contributed by atoms with van der Waals surface area (Å²) < 4.78 is 5.20. The van der Waals surface area contributed by atoms with Crippen LogP contribution in [0.25, 0.3) is 11.3 Å². The van der Waals surface area contributed by atoms with Crippen molar-refractivity contribution in [3.05, 3.63) is 35.2 Å². The Morgan fingerprint density at radius 3 is 2.48 bits per heavy atom. The van der Waals surface area contributed by atoms with Gasteiger partial charge in [0.15, 0.2) is 5.13 Å². The number of alkyl carbamates (subject to hydrolysis) is 1. The van der Waals surface area contributed by atoms with Crippen molar-refractivity contribution in [2.75, 3.05) is 11.9 Å². The fourth-order valence-corrected chi connectivity index (χ4v) is 2.85. The number of hydrogen-bond donors (Lipinski definition) is 2. The average Bonchev–Trinajstić information content (AvgIpc) is 2.93. The normalized spacial score (nSPS) is 11.0. The van der Waals surface area contributed by atoms with Gasteiger partial charge in [-0.05, 0) is 32.8 Å². The van der Waals surface area contributed by atoms with Crippen LogP contribution in [-0.2, 0) is 16.0 Å². The number of anilines is 1. The smallest absolute Gasteiger partial charge is 0.407 e. The zero-order valence-electron chi connectivity index (χ0n) is 14.9. The van der Waals surface area contributed by atoms with Crippen molar-refractivity contribution in [1.82, 2.24) is 10.3 Å². The SMILES string of the molecule is CC(=O)Nc1nc(-c2ccc(CCNC(=O)OC(C)(C)C)cc2)cs1. The number of rotatable bonds is 5. The maximum Gasteiger partial charge on any atom is 0.407 e. The lowest BCUT2D eigenvalue weighted by atomic mass is 10.1. The standard InChI is InChI=1S/C18H23N3O3S/c1-12(22)20-16-21-15(11-25-16)14-7-5-13(6-8-14)9-10-19-17(23)24-18(2,3)4/h5-8,11H,9-10H2,1-4H3,(H,19,23)(H,20,21,22). The van der Waals surface area contributed by atoms with E-state index in [9.17, 15) is 9.59 Å². The number of carbonyl (C=O) groups is 2. The van der Waals surface area contributed by atoms with Crippen LogP contribution in [0.1, 0.15) is 33.3 Å². The largest absolute Gasteiger partial charge is 0.444 e. The number of ether oxygens (including phenoxy) is 1. The monoisotopic (exact) mass is 361 g/mol. The summed E-state index contributed by atoms with van der Waals surface area (Å²) in [6.07, 6.45) is 0.311. The summed E-state index contributed by atoms with van der Waals surface area (Å²) in [5.41, 5.74) is 2.43. The molecule has 0 aliphatic heterocycles. The average molecular weight is 361 g/mol. The van der Waals surface area contributed by atoms with Gasteiger partial charge in [-0.1, -0.05) is 24.3 Å². The first-order chi connectivity index (χ1) is 11.7. The molecule has 1 aromatic heterocycles. The molecule has 2 amide bonds. The van der Waals surface area contributed by atoms with E-state index in [0.717, 1.165) is 16.8 Å². The highest BCUT2D eigenvalue weighted by atomic mass is 32.1. The van der Waals surface area contributed by atoms with Crippen LogP contribution < -0.4 is 10.6 Å². The van der Waals surface area contributed by atoms with Crippen molar-refractivity contribution in [3.63, 3.8) is 0 Å². The van der Waals surface area contributed by atoms with Gasteiger partial charge < -0.3 is 15.4 Å². The van der Waals surface area contributed by atoms with Crippen LogP contribution in [0.5, 0.6) is 0 Å². The van der Waals surface area contributed by atoms with Crippen LogP contribution in [0.2, 0.25) is 0 Å². The quantitative estimate of drug-likeness (QED) is 0.848. The van der Waals surface area contributed by atoms with Crippen molar-refractivity contribution < 1.29 is 14.3 Å². The zero-order chi connectivity index (χ0) is 18.4. The summed E-state index contributed by atoms with van der Waals surface area (Å²) >= 11 is 1.39. The molecule has 0 atom stereocenters. The molecule has 0 bridgehead atoms. The fraction of sp³-hybridized carbons (Fsp3) is 0.389. The van der Waals surface area contributed by atoms with Gasteiger partial charge in [0.2, 0.25) is 5.91 Å². The third-order valence-electron chi connectivity index (χ3n) is 3.12. The van der Waals surface area contributed by atoms with Crippen molar-refractivity contribution >= 4 is 28.5 Å². The van der Waals surface area contributed by atoms with Crippen molar-refractivity contribution in [1.29, 1.82) is 0 Å². The summed E-state index contributed by atoms with van der Waals surface area (Å²) in [5.74, 6) is -0.131. The molecule has 6 nitrogen and oxygen atoms in total. The molecule has 0 saturated heterocycles. The third kappa shape index (κ3) is 6.54. The second kappa shape index (κ2) is 8.11. The Kier molecular flexibility index (Phi) is 6.14. The number of thiazole rings is 1. The predicted molar refractivity (Wildman–Crippen MR) is 99.8 cm³/mol. The van der Waals surface area contributed by atoms with E-state index < -0.39 is 11.7 Å². The minimum absolute atomic E-state index is 0.131. The second-order valence-electron chi connectivity index (χ2n) is 6.59. The minimum Gasteiger partial charge on any atom is -0.444 e. The summed E-state index contributed by atoms with van der Waals surface area (Å²) in [6.45, 7) is 7.47. The number of hydrogen-bond acceptors (Lipinski definition) is 5. The third-order valence-corrected chi connectivity index (χ3v) is 3.88. The molecular formula is C18H23N3O3S. The molecule has 0 radical (unpaired) electrons. The van der Waals surface area contributed by atoms with E-state index in [-0.39, 0.29) is 5.91 Å². The molecule has 7 heteroatoms. The topological polar surface area (TPSA) is 80.3 Å². The first-order valence-electron chi connectivity index (χ1n) is 8.02. The first-order valence-corrected chi connectivity index (χ1v) is 8.90. The number of amides is 2. The molecule has 25 heavy (non-hydrogen) atoms. The van der Waals surface area contributed by atoms with Crippen molar-refractivity contribution in [2.24, 2.45) is 0 Å². The molecule has 0 aliphatic rings. The number of benzene rings is 1. The molecular weight excluding hydrogens is 338 g/mol. The van der Waals surface area contributed by atoms with Crippen LogP contribution >= 0.6 is 11.3 Å². The number of aromatic nitrogens is 1. The van der Waals surface area contributed by atoms with Crippen LogP contribution in [0, 0.1) is 0 Å². The zero-order valence-corrected chi connectivity index (χ0v) is 15.7. The van der Waals surface area contributed by atoms with Gasteiger partial charge in [-0.15, -0.1) is 11.3 Å². The Balaban J connectivity index is 1.86. The van der Waals surface area contributed by atoms with Crippen molar-refractivity contribution in [3.8, 4) is 11.3 Å². The van der Waals surface area contributed by atoms with E-state index >= 15 is 0 Å². The number of nitrogens with zero attached hydrogens (tertiary/aromatic N) is 1. The Morgan fingerprint density at radius 1 is 1.20 bits per heavy atom. The Bertz CT molecular complexity index is 733. The van der Waals surface area contributed by atoms with E-state index in [2.05, 4.69) is 15.6 Å². The summed E-state index contributed by atoms with van der Waals surface area (Å²) in [4.78, 5) is 27.0. The van der Waals surface area contributed by atoms with E-state index in [1.165, 1.54) is 18.3 Å². The lowest BCUT2D eigenvalue weighted by Gasteiger charge is -2.19. The van der Waals surface area contributed by atoms with E-state index in [1.54, 1.807) is 0 Å². The molecule has 134 valence electrons. The minimum atomic E-state index is -0.491. The van der Waals surface area contributed by atoms with Crippen LogP contribution in [-0.4, -0.2) is 29.1 Å². The number of carbonyl (C=O) groups excluding carboxylic acids is 2. The van der Waals surface area contributed by atoms with Gasteiger partial charge in [0.25, 0.3) is 0 Å². The lowest BCUT2D eigenvalue weighted by molar-refractivity contribution is -0.114. The highest BCUT2D eigenvalue weighted by Gasteiger charge is 2.15. The summed E-state index contributed by atoms with van der Waals surface area (Å²) in [5, 5.41) is 7.92. The van der Waals surface area contributed by atoms with E-state index in [0.29, 0.717) is 18.1 Å². The molecule has 0 fully saturated rings. The highest BCUT2D eigenvalue weighted by molar-refractivity contribution is 7.14. The Morgan fingerprint density at radius 2 is 1.88 bits per heavy atom. The maximum absolute atomic E-state index is 11.6. The van der Waals surface area contributed by atoms with Crippen molar-refractivity contribution in [2.45, 2.75) is 39.7 Å². The molecule has 0 unspecified atom stereocenters. The number of nitrogens with one attached hydrogen (secondary N) is 2. The molecule has 0 saturated carbocycles. The predicted octanol–water partition coefficient (Wildman–Crippen LogP) is 3.84. The summed E-state index contributed by atoms with van der Waals surface area (Å²) in [6, 6.07) is 7.97. The van der Waals surface area contributed by atoms with Crippen LogP contribution in [0.15, 0.2) is 29.6 Å². The maximum atomic E-state index is 11.6. The molecule has 2 aromatic rings. The van der Waals surface area contributed by atoms with Crippen LogP contribution in [0.3, 0.4) is 0 Å². The van der Waals surface area contributed by atoms with Gasteiger partial charge in [0.05, 0.1) is 5.69 Å². The van der Waals surface area contributed by atoms with E-state index in [4.69, 9.17) is 4.74 Å². The van der Waals surface area contributed by atoms with E-state index in [1.807, 2.05) is 50.4 Å². The molecule has 1 aromatic carbocycles. The molecule has 1 heterocycles. The molecule has 2 rings (SSSR count). The summed E-state index contributed by atoms with van der Waals surface area (Å²) in [7, 11) is 0. The molecule has 0 spiro atoms. The molecule has 2 N–H and O–H groups in total. The van der Waals surface area contributed by atoms with Gasteiger partial charge in [0, 0.05) is 24.4 Å². The first kappa shape index (κ1) is 18.9. The highest BCUT2D eigenvalue weighted by Crippen LogP contribution is 2.25. The Labute approximate surface area is 151 Å². The van der Waals surface area contributed by atoms with Gasteiger partial charge in [-0.2, -0.15) is 0 Å². The fourth-order valence-electron chi connectivity index (χ4n) is 2.08. The Hall–Kier alpha value is -2.41. The van der Waals surface area contributed by atoms with Gasteiger partial charge >= 0.3 is 6.09 Å². The van der Waals surface area contributed by atoms with Gasteiger partial charge in [-0.3, -0.25) is 4.79 Å². The second-order valence-corrected chi connectivity index (χ2v) is 7.45. The van der Waals surface area contributed by atoms with Gasteiger partial charge in [0.1, 0.15) is 5.60 Å². The lowest BCUT2D eigenvalue weighted by Crippen LogP contribution is -2.33. The van der Waals surface area contributed by atoms with Crippen LogP contribution in [0.4, 0.5) is 9.93 Å². The molecule has 0 aliphatic carbocycles. The van der Waals surface area contributed by atoms with Gasteiger partial charge in [-0.25, -0.2) is 9.78 Å².